The number of carbonyl (C=O) groups excluding carboxylic acids is 2. The van der Waals surface area contributed by atoms with E-state index in [4.69, 9.17) is 23.2 Å². The molecule has 2 amide bonds. The van der Waals surface area contributed by atoms with E-state index < -0.39 is 34.4 Å². The molecule has 1 N–H and O–H groups in total. The highest BCUT2D eigenvalue weighted by atomic mass is 35.5. The molecule has 0 unspecified atom stereocenters. The van der Waals surface area contributed by atoms with E-state index in [-0.39, 0.29) is 11.4 Å². The van der Waals surface area contributed by atoms with Crippen LogP contribution in [0.15, 0.2) is 65.6 Å². The lowest BCUT2D eigenvalue weighted by molar-refractivity contribution is -0.140. The van der Waals surface area contributed by atoms with Crippen LogP contribution in [0.4, 0.5) is 0 Å². The Kier molecular flexibility index (Phi) is 8.20. The fraction of sp³-hybridized carbons (Fsp3) is 0.250. The first-order valence-corrected chi connectivity index (χ1v) is 12.6. The lowest BCUT2D eigenvalue weighted by atomic mass is 10.1. The quantitative estimate of drug-likeness (QED) is 0.486. The number of nitrogens with zero attached hydrogens (tertiary/aromatic N) is 2. The van der Waals surface area contributed by atoms with E-state index in [0.717, 1.165) is 15.1 Å². The molecule has 180 valence electrons. The summed E-state index contributed by atoms with van der Waals surface area (Å²) in [7, 11) is -1.16. The third-order valence-electron chi connectivity index (χ3n) is 5.56. The van der Waals surface area contributed by atoms with Crippen molar-refractivity contribution < 1.29 is 18.0 Å². The van der Waals surface area contributed by atoms with Crippen molar-refractivity contribution in [1.29, 1.82) is 0 Å². The van der Waals surface area contributed by atoms with E-state index in [1.54, 1.807) is 37.3 Å². The average molecular weight is 522 g/mol. The van der Waals surface area contributed by atoms with Crippen molar-refractivity contribution >= 4 is 55.8 Å². The van der Waals surface area contributed by atoms with Crippen LogP contribution < -0.4 is 5.32 Å². The van der Waals surface area contributed by atoms with Gasteiger partial charge in [-0.15, -0.1) is 0 Å². The van der Waals surface area contributed by atoms with Gasteiger partial charge in [0.25, 0.3) is 0 Å². The first kappa shape index (κ1) is 26.0. The number of halogens is 2. The number of carbonyl (C=O) groups is 2. The van der Waals surface area contributed by atoms with Gasteiger partial charge in [0.05, 0.1) is 11.4 Å². The van der Waals surface area contributed by atoms with Crippen LogP contribution in [0.3, 0.4) is 0 Å². The monoisotopic (exact) mass is 521 g/mol. The van der Waals surface area contributed by atoms with Crippen molar-refractivity contribution in [3.63, 3.8) is 0 Å². The lowest BCUT2D eigenvalue weighted by Gasteiger charge is -2.30. The number of nitrogens with one attached hydrogen (secondary N) is 1. The molecule has 0 aromatic heterocycles. The Morgan fingerprint density at radius 1 is 1.00 bits per heavy atom. The molecule has 1 atom stereocenters. The first-order chi connectivity index (χ1) is 16.0. The molecule has 0 radical (unpaired) electrons. The maximum absolute atomic E-state index is 13.3. The van der Waals surface area contributed by atoms with E-state index in [1.165, 1.54) is 25.1 Å². The molecular weight excluding hydrogens is 497 g/mol. The van der Waals surface area contributed by atoms with Crippen LogP contribution in [0.25, 0.3) is 10.8 Å². The topological polar surface area (TPSA) is 86.8 Å². The fourth-order valence-corrected chi connectivity index (χ4v) is 5.12. The van der Waals surface area contributed by atoms with E-state index in [1.807, 2.05) is 24.3 Å². The molecule has 0 aliphatic heterocycles. The van der Waals surface area contributed by atoms with Crippen molar-refractivity contribution in [2.24, 2.45) is 0 Å². The van der Waals surface area contributed by atoms with E-state index in [2.05, 4.69) is 5.32 Å². The van der Waals surface area contributed by atoms with Crippen molar-refractivity contribution in [2.45, 2.75) is 24.4 Å². The SMILES string of the molecule is CNC(=O)[C@@H](C)N(Cc1ccc(Cl)cc1Cl)C(=O)CN(C)S(=O)(=O)c1ccc2ccccc2c1. The molecule has 10 heteroatoms. The van der Waals surface area contributed by atoms with Gasteiger partial charge in [-0.3, -0.25) is 9.59 Å². The van der Waals surface area contributed by atoms with Gasteiger partial charge < -0.3 is 10.2 Å². The number of fused-ring (bicyclic) bond motifs is 1. The van der Waals surface area contributed by atoms with Crippen LogP contribution in [-0.4, -0.2) is 56.1 Å². The van der Waals surface area contributed by atoms with E-state index >= 15 is 0 Å². The minimum atomic E-state index is -3.96. The molecule has 0 fully saturated rings. The Hall–Kier alpha value is -2.65. The van der Waals surface area contributed by atoms with E-state index in [0.29, 0.717) is 15.6 Å². The number of likely N-dealkylation sites (N-methyl/N-ethyl adjacent to an activating group) is 2. The molecule has 0 spiro atoms. The molecule has 3 aromatic carbocycles. The van der Waals surface area contributed by atoms with Gasteiger partial charge in [-0.2, -0.15) is 4.31 Å². The predicted octanol–water partition coefficient (Wildman–Crippen LogP) is 3.93. The van der Waals surface area contributed by atoms with Crippen LogP contribution in [-0.2, 0) is 26.2 Å². The predicted molar refractivity (Wildman–Crippen MR) is 134 cm³/mol. The molecule has 7 nitrogen and oxygen atoms in total. The zero-order valence-electron chi connectivity index (χ0n) is 19.0. The lowest BCUT2D eigenvalue weighted by Crippen LogP contribution is -2.50. The van der Waals surface area contributed by atoms with Crippen LogP contribution in [0.1, 0.15) is 12.5 Å². The van der Waals surface area contributed by atoms with Crippen LogP contribution in [0.2, 0.25) is 10.0 Å². The summed E-state index contributed by atoms with van der Waals surface area (Å²) in [5.74, 6) is -0.938. The van der Waals surface area contributed by atoms with Gasteiger partial charge in [-0.05, 0) is 47.5 Å². The molecule has 0 aliphatic carbocycles. The largest absolute Gasteiger partial charge is 0.357 e. The smallest absolute Gasteiger partial charge is 0.243 e. The highest BCUT2D eigenvalue weighted by molar-refractivity contribution is 7.89. The van der Waals surface area contributed by atoms with Crippen LogP contribution in [0.5, 0.6) is 0 Å². The second-order valence-electron chi connectivity index (χ2n) is 7.82. The highest BCUT2D eigenvalue weighted by Crippen LogP contribution is 2.24. The molecule has 0 saturated carbocycles. The van der Waals surface area contributed by atoms with Gasteiger partial charge in [0.1, 0.15) is 6.04 Å². The molecule has 3 aromatic rings. The number of hydrogen-bond donors (Lipinski definition) is 1. The molecule has 0 aliphatic rings. The average Bonchev–Trinajstić information content (AvgIpc) is 2.82. The molecule has 0 heterocycles. The third kappa shape index (κ3) is 5.70. The second-order valence-corrected chi connectivity index (χ2v) is 10.7. The Bertz CT molecular complexity index is 1330. The minimum Gasteiger partial charge on any atom is -0.357 e. The molecular formula is C24H25Cl2N3O4S. The summed E-state index contributed by atoms with van der Waals surface area (Å²) in [5, 5.41) is 4.98. The summed E-state index contributed by atoms with van der Waals surface area (Å²) >= 11 is 12.2. The van der Waals surface area contributed by atoms with Gasteiger partial charge in [-0.1, -0.05) is 59.6 Å². The molecule has 34 heavy (non-hydrogen) atoms. The van der Waals surface area contributed by atoms with Crippen LogP contribution >= 0.6 is 23.2 Å². The number of amides is 2. The zero-order valence-corrected chi connectivity index (χ0v) is 21.3. The molecule has 0 bridgehead atoms. The normalized spacial score (nSPS) is 12.5. The summed E-state index contributed by atoms with van der Waals surface area (Å²) in [6.45, 7) is 1.12. The summed E-state index contributed by atoms with van der Waals surface area (Å²) in [5.41, 5.74) is 0.579. The summed E-state index contributed by atoms with van der Waals surface area (Å²) in [6, 6.07) is 16.2. The fourth-order valence-electron chi connectivity index (χ4n) is 3.50. The number of hydrogen-bond acceptors (Lipinski definition) is 4. The van der Waals surface area contributed by atoms with Crippen molar-refractivity contribution in [3.8, 4) is 0 Å². The second kappa shape index (κ2) is 10.7. The maximum Gasteiger partial charge on any atom is 0.243 e. The summed E-state index contributed by atoms with van der Waals surface area (Å²) in [4.78, 5) is 27.0. The van der Waals surface area contributed by atoms with Gasteiger partial charge in [0.15, 0.2) is 0 Å². The van der Waals surface area contributed by atoms with E-state index in [9.17, 15) is 18.0 Å². The highest BCUT2D eigenvalue weighted by Gasteiger charge is 2.30. The Morgan fingerprint density at radius 3 is 2.32 bits per heavy atom. The van der Waals surface area contributed by atoms with Crippen molar-refractivity contribution in [2.75, 3.05) is 20.6 Å². The molecule has 3 rings (SSSR count). The van der Waals surface area contributed by atoms with Gasteiger partial charge in [0, 0.05) is 30.7 Å². The Balaban J connectivity index is 1.86. The number of benzene rings is 3. The van der Waals surface area contributed by atoms with Gasteiger partial charge >= 0.3 is 0 Å². The maximum atomic E-state index is 13.3. The molecule has 0 saturated heterocycles. The summed E-state index contributed by atoms with van der Waals surface area (Å²) in [6.07, 6.45) is 0. The minimum absolute atomic E-state index is 0.00723. The Morgan fingerprint density at radius 2 is 1.68 bits per heavy atom. The van der Waals surface area contributed by atoms with Crippen molar-refractivity contribution in [3.05, 3.63) is 76.3 Å². The number of rotatable bonds is 8. The van der Waals surface area contributed by atoms with Crippen molar-refractivity contribution in [1.82, 2.24) is 14.5 Å². The van der Waals surface area contributed by atoms with Crippen LogP contribution in [0, 0.1) is 0 Å². The van der Waals surface area contributed by atoms with Gasteiger partial charge in [-0.25, -0.2) is 8.42 Å². The van der Waals surface area contributed by atoms with Gasteiger partial charge in [0.2, 0.25) is 21.8 Å². The first-order valence-electron chi connectivity index (χ1n) is 10.4. The Labute approximate surface area is 209 Å². The third-order valence-corrected chi connectivity index (χ3v) is 7.94. The number of sulfonamides is 1. The summed E-state index contributed by atoms with van der Waals surface area (Å²) < 4.78 is 27.3. The zero-order chi connectivity index (χ0) is 25.0. The standard InChI is InChI=1S/C24H25Cl2N3O4S/c1-16(24(31)27-2)29(14-19-8-10-20(25)13-22(19)26)23(30)15-28(3)34(32,33)21-11-9-17-6-4-5-7-18(17)12-21/h4-13,16H,14-15H2,1-3H3,(H,27,31)/t16-/m1/s1.